The van der Waals surface area contributed by atoms with Crippen molar-refractivity contribution >= 4 is 11.0 Å². The normalized spacial score (nSPS) is 10.0. The fraction of sp³-hybridized carbons (Fsp3) is 0. The van der Waals surface area contributed by atoms with Gasteiger partial charge in [0, 0.05) is 18.5 Å². The molecule has 2 nitrogen and oxygen atoms in total. The van der Waals surface area contributed by atoms with E-state index in [0.717, 1.165) is 11.0 Å². The van der Waals surface area contributed by atoms with E-state index in [1.165, 1.54) is 0 Å². The molecule has 1 aromatic heterocycles. The Labute approximate surface area is 58.6 Å². The average Bonchev–Trinajstić information content (AvgIpc) is 2.05. The summed E-state index contributed by atoms with van der Waals surface area (Å²) in [6, 6.07) is 9.29. The first-order chi connectivity index (χ1) is 4.97. The quantitative estimate of drug-likeness (QED) is 0.533. The Morgan fingerprint density at radius 3 is 3.00 bits per heavy atom. The summed E-state index contributed by atoms with van der Waals surface area (Å²) in [4.78, 5) is 8.10. The first kappa shape index (κ1) is 5.35. The molecule has 0 amide bonds. The molecule has 0 saturated heterocycles. The van der Waals surface area contributed by atoms with Crippen molar-refractivity contribution in [1.29, 1.82) is 0 Å². The lowest BCUT2D eigenvalue weighted by atomic mass is 10.3. The van der Waals surface area contributed by atoms with E-state index < -0.39 is 0 Å². The zero-order chi connectivity index (χ0) is 6.81. The molecule has 1 aromatic carbocycles. The van der Waals surface area contributed by atoms with Crippen molar-refractivity contribution in [2.75, 3.05) is 0 Å². The highest BCUT2D eigenvalue weighted by atomic mass is 14.8. The molecule has 2 rings (SSSR count). The van der Waals surface area contributed by atoms with Crippen molar-refractivity contribution in [3.8, 4) is 0 Å². The van der Waals surface area contributed by atoms with Crippen LogP contribution in [0, 0.1) is 12.1 Å². The number of hydrogen-bond acceptors (Lipinski definition) is 2. The van der Waals surface area contributed by atoms with Gasteiger partial charge in [-0.15, -0.1) is 0 Å². The lowest BCUT2D eigenvalue weighted by molar-refractivity contribution is 1.29. The van der Waals surface area contributed by atoms with Crippen molar-refractivity contribution < 1.29 is 0 Å². The van der Waals surface area contributed by atoms with Crippen molar-refractivity contribution in [3.05, 3.63) is 36.7 Å². The van der Waals surface area contributed by atoms with E-state index >= 15 is 0 Å². The van der Waals surface area contributed by atoms with Crippen LogP contribution < -0.4 is 0 Å². The van der Waals surface area contributed by atoms with Crippen LogP contribution in [0.4, 0.5) is 0 Å². The first-order valence-electron chi connectivity index (χ1n) is 2.95. The summed E-state index contributed by atoms with van der Waals surface area (Å²) in [5.74, 6) is 0. The fourth-order valence-corrected chi connectivity index (χ4v) is 0.796. The van der Waals surface area contributed by atoms with E-state index in [-0.39, 0.29) is 0 Å². The van der Waals surface area contributed by atoms with Gasteiger partial charge in [0.25, 0.3) is 0 Å². The van der Waals surface area contributed by atoms with Gasteiger partial charge in [-0.3, -0.25) is 9.97 Å². The van der Waals surface area contributed by atoms with Crippen molar-refractivity contribution in [3.63, 3.8) is 0 Å². The smallest absolute Gasteiger partial charge is 0.0966 e. The van der Waals surface area contributed by atoms with Gasteiger partial charge in [0.1, 0.15) is 0 Å². The third kappa shape index (κ3) is 0.739. The maximum atomic E-state index is 4.06. The molecule has 0 saturated carbocycles. The predicted molar refractivity (Wildman–Crippen MR) is 37.2 cm³/mol. The molecule has 46 valence electrons. The molecule has 0 aliphatic heterocycles. The van der Waals surface area contributed by atoms with Crippen LogP contribution in [0.25, 0.3) is 11.0 Å². The second-order valence-corrected chi connectivity index (χ2v) is 1.89. The van der Waals surface area contributed by atoms with E-state index in [9.17, 15) is 0 Å². The highest BCUT2D eigenvalue weighted by molar-refractivity contribution is 5.72. The largest absolute Gasteiger partial charge is 0.253 e. The van der Waals surface area contributed by atoms with Crippen LogP contribution in [-0.4, -0.2) is 9.97 Å². The van der Waals surface area contributed by atoms with Crippen molar-refractivity contribution in [2.45, 2.75) is 0 Å². The van der Waals surface area contributed by atoms with Gasteiger partial charge in [0.15, 0.2) is 0 Å². The Morgan fingerprint density at radius 2 is 2.10 bits per heavy atom. The number of aromatic nitrogens is 2. The zero-order valence-corrected chi connectivity index (χ0v) is 5.20. The van der Waals surface area contributed by atoms with Gasteiger partial charge >= 0.3 is 0 Å². The summed E-state index contributed by atoms with van der Waals surface area (Å²) in [5, 5.41) is 0. The molecule has 2 radical (unpaired) electrons. The molecular formula is C8H4N2. The van der Waals surface area contributed by atoms with E-state index in [4.69, 9.17) is 0 Å². The van der Waals surface area contributed by atoms with E-state index in [2.05, 4.69) is 22.1 Å². The summed E-state index contributed by atoms with van der Waals surface area (Å²) >= 11 is 0. The molecule has 2 heteroatoms. The van der Waals surface area contributed by atoms with Crippen LogP contribution in [0.15, 0.2) is 24.5 Å². The van der Waals surface area contributed by atoms with Gasteiger partial charge < -0.3 is 0 Å². The van der Waals surface area contributed by atoms with Crippen LogP contribution in [0.1, 0.15) is 0 Å². The standard InChI is InChI=1S/C8H4N2/c1-2-4-8-7(3-1)9-5-6-10-8/h1,4-6H. The highest BCUT2D eigenvalue weighted by Gasteiger charge is 1.89. The Bertz CT molecular complexity index is 278. The van der Waals surface area contributed by atoms with Gasteiger partial charge in [-0.05, 0) is 18.2 Å². The second-order valence-electron chi connectivity index (χ2n) is 1.89. The molecule has 0 atom stereocenters. The summed E-state index contributed by atoms with van der Waals surface area (Å²) < 4.78 is 0. The molecule has 0 aliphatic rings. The molecular weight excluding hydrogens is 124 g/mol. The van der Waals surface area contributed by atoms with Gasteiger partial charge in [0.05, 0.1) is 11.0 Å². The number of benzene rings is 1. The first-order valence-corrected chi connectivity index (χ1v) is 2.95. The maximum Gasteiger partial charge on any atom is 0.0966 e. The summed E-state index contributed by atoms with van der Waals surface area (Å²) in [5.41, 5.74) is 1.63. The minimum absolute atomic E-state index is 0.793. The Kier molecular flexibility index (Phi) is 1.10. The molecule has 2 aromatic rings. The minimum Gasteiger partial charge on any atom is -0.253 e. The number of nitrogens with zero attached hydrogens (tertiary/aromatic N) is 2. The topological polar surface area (TPSA) is 25.8 Å². The van der Waals surface area contributed by atoms with Gasteiger partial charge in [-0.1, -0.05) is 0 Å². The number of hydrogen-bond donors (Lipinski definition) is 0. The third-order valence-electron chi connectivity index (χ3n) is 1.24. The van der Waals surface area contributed by atoms with Gasteiger partial charge in [0.2, 0.25) is 0 Å². The summed E-state index contributed by atoms with van der Waals surface area (Å²) in [6.07, 6.45) is 3.31. The highest BCUT2D eigenvalue weighted by Crippen LogP contribution is 2.03. The monoisotopic (exact) mass is 128 g/mol. The second kappa shape index (κ2) is 2.06. The van der Waals surface area contributed by atoms with Crippen LogP contribution in [0.5, 0.6) is 0 Å². The summed E-state index contributed by atoms with van der Waals surface area (Å²) in [7, 11) is 0. The fourth-order valence-electron chi connectivity index (χ4n) is 0.796. The predicted octanol–water partition coefficient (Wildman–Crippen LogP) is 1.23. The van der Waals surface area contributed by atoms with Crippen LogP contribution in [0.3, 0.4) is 0 Å². The van der Waals surface area contributed by atoms with Gasteiger partial charge in [-0.25, -0.2) is 0 Å². The summed E-state index contributed by atoms with van der Waals surface area (Å²) in [6.45, 7) is 0. The molecule has 0 bridgehead atoms. The number of fused-ring (bicyclic) bond motifs is 1. The lowest BCUT2D eigenvalue weighted by Crippen LogP contribution is -1.79. The van der Waals surface area contributed by atoms with E-state index in [1.54, 1.807) is 24.5 Å². The Morgan fingerprint density at radius 1 is 1.20 bits per heavy atom. The molecule has 0 spiro atoms. The maximum absolute atomic E-state index is 4.06. The Balaban J connectivity index is 2.89. The lowest BCUT2D eigenvalue weighted by Gasteiger charge is -1.89. The average molecular weight is 128 g/mol. The number of rotatable bonds is 0. The van der Waals surface area contributed by atoms with Crippen molar-refractivity contribution in [1.82, 2.24) is 9.97 Å². The van der Waals surface area contributed by atoms with Crippen LogP contribution in [0.2, 0.25) is 0 Å². The van der Waals surface area contributed by atoms with Crippen molar-refractivity contribution in [2.24, 2.45) is 0 Å². The van der Waals surface area contributed by atoms with Crippen LogP contribution in [-0.2, 0) is 0 Å². The third-order valence-corrected chi connectivity index (χ3v) is 1.24. The van der Waals surface area contributed by atoms with Crippen LogP contribution >= 0.6 is 0 Å². The van der Waals surface area contributed by atoms with E-state index in [1.807, 2.05) is 0 Å². The molecule has 1 heterocycles. The van der Waals surface area contributed by atoms with E-state index in [0.29, 0.717) is 0 Å². The molecule has 10 heavy (non-hydrogen) atoms. The molecule has 0 fully saturated rings. The molecule has 0 aliphatic carbocycles. The van der Waals surface area contributed by atoms with Gasteiger partial charge in [-0.2, -0.15) is 0 Å². The SMILES string of the molecule is [c]1c[c]c2nccnc2c1. The zero-order valence-electron chi connectivity index (χ0n) is 5.20. The molecule has 0 unspecified atom stereocenters. The molecule has 0 N–H and O–H groups in total. The minimum atomic E-state index is 0.793. The Hall–Kier alpha value is -1.44.